The number of hydrogen-bond donors (Lipinski definition) is 1. The molecule has 0 unspecified atom stereocenters. The average Bonchev–Trinajstić information content (AvgIpc) is 2.49. The van der Waals surface area contributed by atoms with Crippen LogP contribution in [0, 0.1) is 0 Å². The summed E-state index contributed by atoms with van der Waals surface area (Å²) in [7, 11) is 0. The van der Waals surface area contributed by atoms with E-state index in [-0.39, 0.29) is 6.42 Å². The van der Waals surface area contributed by atoms with E-state index in [2.05, 4.69) is 0 Å². The monoisotopic (exact) mass is 194 g/mol. The highest BCUT2D eigenvalue weighted by molar-refractivity contribution is 7.99. The molecule has 68 valence electrons. The summed E-state index contributed by atoms with van der Waals surface area (Å²) in [6.45, 7) is 0. The third-order valence-corrected chi connectivity index (χ3v) is 3.22. The number of aliphatic carboxylic acids is 1. The second-order valence-corrected chi connectivity index (χ2v) is 4.25. The summed E-state index contributed by atoms with van der Waals surface area (Å²) in [5, 5.41) is 8.61. The van der Waals surface area contributed by atoms with Crippen molar-refractivity contribution in [3.63, 3.8) is 0 Å². The second kappa shape index (κ2) is 3.42. The molecule has 2 rings (SSSR count). The van der Waals surface area contributed by atoms with Crippen molar-refractivity contribution >= 4 is 17.7 Å². The van der Waals surface area contributed by atoms with E-state index in [0.29, 0.717) is 0 Å². The molecule has 0 bridgehead atoms. The van der Waals surface area contributed by atoms with Gasteiger partial charge in [-0.3, -0.25) is 4.79 Å². The number of aryl methyl sites for hydroxylation is 1. The number of carbonyl (C=O) groups is 1. The lowest BCUT2D eigenvalue weighted by Gasteiger charge is -2.00. The van der Waals surface area contributed by atoms with Gasteiger partial charge in [0.2, 0.25) is 0 Å². The lowest BCUT2D eigenvalue weighted by atomic mass is 10.1. The van der Waals surface area contributed by atoms with Gasteiger partial charge in [-0.05, 0) is 23.6 Å². The number of rotatable bonds is 2. The molecule has 1 aromatic rings. The van der Waals surface area contributed by atoms with Gasteiger partial charge in [-0.1, -0.05) is 12.1 Å². The van der Waals surface area contributed by atoms with Crippen molar-refractivity contribution in [2.24, 2.45) is 0 Å². The van der Waals surface area contributed by atoms with Gasteiger partial charge in [0.15, 0.2) is 0 Å². The van der Waals surface area contributed by atoms with E-state index in [9.17, 15) is 4.79 Å². The summed E-state index contributed by atoms with van der Waals surface area (Å²) in [4.78, 5) is 11.7. The molecule has 2 nitrogen and oxygen atoms in total. The van der Waals surface area contributed by atoms with Gasteiger partial charge < -0.3 is 5.11 Å². The molecule has 0 atom stereocenters. The van der Waals surface area contributed by atoms with Crippen LogP contribution in [0.25, 0.3) is 0 Å². The maximum atomic E-state index is 10.5. The Hall–Kier alpha value is -0.960. The van der Waals surface area contributed by atoms with Gasteiger partial charge in [0.25, 0.3) is 0 Å². The van der Waals surface area contributed by atoms with Gasteiger partial charge in [0, 0.05) is 10.6 Å². The minimum atomic E-state index is -0.761. The number of hydrogen-bond acceptors (Lipinski definition) is 2. The predicted molar refractivity (Wildman–Crippen MR) is 52.2 cm³/mol. The Bertz CT molecular complexity index is 347. The highest BCUT2D eigenvalue weighted by Crippen LogP contribution is 2.31. The topological polar surface area (TPSA) is 37.3 Å². The fraction of sp³-hybridized carbons (Fsp3) is 0.300. The molecule has 1 aromatic carbocycles. The third kappa shape index (κ3) is 1.86. The van der Waals surface area contributed by atoms with E-state index in [0.717, 1.165) is 17.7 Å². The molecule has 0 radical (unpaired) electrons. The van der Waals surface area contributed by atoms with Crippen molar-refractivity contribution in [2.45, 2.75) is 17.7 Å². The van der Waals surface area contributed by atoms with Crippen molar-refractivity contribution in [1.82, 2.24) is 0 Å². The number of carboxylic acids is 1. The highest BCUT2D eigenvalue weighted by Gasteiger charge is 2.12. The van der Waals surface area contributed by atoms with Gasteiger partial charge in [-0.25, -0.2) is 0 Å². The molecule has 0 fully saturated rings. The zero-order valence-corrected chi connectivity index (χ0v) is 7.93. The Morgan fingerprint density at radius 1 is 1.54 bits per heavy atom. The van der Waals surface area contributed by atoms with Gasteiger partial charge in [-0.2, -0.15) is 0 Å². The van der Waals surface area contributed by atoms with Crippen LogP contribution in [-0.2, 0) is 17.6 Å². The quantitative estimate of drug-likeness (QED) is 0.782. The van der Waals surface area contributed by atoms with Crippen molar-refractivity contribution in [1.29, 1.82) is 0 Å². The summed E-state index contributed by atoms with van der Waals surface area (Å²) < 4.78 is 0. The molecule has 1 aliphatic heterocycles. The maximum Gasteiger partial charge on any atom is 0.307 e. The van der Waals surface area contributed by atoms with E-state index in [1.54, 1.807) is 0 Å². The molecule has 0 aromatic heterocycles. The van der Waals surface area contributed by atoms with Crippen LogP contribution in [0.5, 0.6) is 0 Å². The van der Waals surface area contributed by atoms with E-state index in [1.807, 2.05) is 30.0 Å². The Morgan fingerprint density at radius 3 is 3.15 bits per heavy atom. The van der Waals surface area contributed by atoms with Gasteiger partial charge in [0.05, 0.1) is 6.42 Å². The first-order valence-electron chi connectivity index (χ1n) is 4.22. The van der Waals surface area contributed by atoms with Crippen molar-refractivity contribution in [2.75, 3.05) is 5.75 Å². The Labute approximate surface area is 81.0 Å². The molecule has 0 saturated carbocycles. The average molecular weight is 194 g/mol. The molecule has 0 aliphatic carbocycles. The number of benzene rings is 1. The van der Waals surface area contributed by atoms with Crippen LogP contribution in [-0.4, -0.2) is 16.8 Å². The van der Waals surface area contributed by atoms with Crippen LogP contribution in [0.1, 0.15) is 11.1 Å². The summed E-state index contributed by atoms with van der Waals surface area (Å²) in [5.74, 6) is 0.370. The molecular formula is C10H10O2S. The van der Waals surface area contributed by atoms with E-state index < -0.39 is 5.97 Å². The van der Waals surface area contributed by atoms with Crippen LogP contribution < -0.4 is 0 Å². The van der Waals surface area contributed by atoms with Crippen molar-refractivity contribution in [3.05, 3.63) is 29.3 Å². The minimum Gasteiger partial charge on any atom is -0.481 e. The van der Waals surface area contributed by atoms with Crippen LogP contribution in [0.3, 0.4) is 0 Å². The van der Waals surface area contributed by atoms with Crippen LogP contribution in [0.15, 0.2) is 23.1 Å². The van der Waals surface area contributed by atoms with E-state index in [1.165, 1.54) is 10.5 Å². The molecule has 1 N–H and O–H groups in total. The molecule has 0 amide bonds. The first-order chi connectivity index (χ1) is 6.25. The number of thioether (sulfide) groups is 1. The fourth-order valence-corrected chi connectivity index (χ4v) is 2.63. The lowest BCUT2D eigenvalue weighted by molar-refractivity contribution is -0.136. The predicted octanol–water partition coefficient (Wildman–Crippen LogP) is 1.96. The van der Waals surface area contributed by atoms with E-state index in [4.69, 9.17) is 5.11 Å². The third-order valence-electron chi connectivity index (χ3n) is 2.12. The van der Waals surface area contributed by atoms with Gasteiger partial charge in [0.1, 0.15) is 0 Å². The van der Waals surface area contributed by atoms with E-state index >= 15 is 0 Å². The molecule has 13 heavy (non-hydrogen) atoms. The minimum absolute atomic E-state index is 0.133. The fourth-order valence-electron chi connectivity index (χ4n) is 1.50. The summed E-state index contributed by atoms with van der Waals surface area (Å²) in [5.41, 5.74) is 2.26. The van der Waals surface area contributed by atoms with Crippen LogP contribution >= 0.6 is 11.8 Å². The zero-order chi connectivity index (χ0) is 9.26. The highest BCUT2D eigenvalue weighted by atomic mass is 32.2. The summed E-state index contributed by atoms with van der Waals surface area (Å²) >= 11 is 1.82. The lowest BCUT2D eigenvalue weighted by Crippen LogP contribution is -1.99. The first-order valence-corrected chi connectivity index (χ1v) is 5.20. The second-order valence-electron chi connectivity index (χ2n) is 3.11. The first kappa shape index (κ1) is 8.63. The van der Waals surface area contributed by atoms with Crippen LogP contribution in [0.2, 0.25) is 0 Å². The standard InChI is InChI=1S/C10H10O2S/c11-10(12)6-7-1-2-8-3-4-13-9(8)5-7/h1-2,5H,3-4,6H2,(H,11,12). The smallest absolute Gasteiger partial charge is 0.307 e. The summed E-state index contributed by atoms with van der Waals surface area (Å²) in [6.07, 6.45) is 1.25. The largest absolute Gasteiger partial charge is 0.481 e. The van der Waals surface area contributed by atoms with Gasteiger partial charge >= 0.3 is 5.97 Å². The molecule has 1 heterocycles. The number of fused-ring (bicyclic) bond motifs is 1. The zero-order valence-electron chi connectivity index (χ0n) is 7.12. The molecule has 0 spiro atoms. The maximum absolute atomic E-state index is 10.5. The summed E-state index contributed by atoms with van der Waals surface area (Å²) in [6, 6.07) is 5.97. The van der Waals surface area contributed by atoms with Crippen molar-refractivity contribution < 1.29 is 9.90 Å². The molecule has 0 saturated heterocycles. The van der Waals surface area contributed by atoms with Gasteiger partial charge in [-0.15, -0.1) is 11.8 Å². The van der Waals surface area contributed by atoms with Crippen LogP contribution in [0.4, 0.5) is 0 Å². The number of carboxylic acid groups (broad SMARTS) is 1. The molecule has 3 heteroatoms. The Morgan fingerprint density at radius 2 is 2.38 bits per heavy atom. The van der Waals surface area contributed by atoms with Crippen molar-refractivity contribution in [3.8, 4) is 0 Å². The molecular weight excluding hydrogens is 184 g/mol. The normalized spacial score (nSPS) is 14.2. The molecule has 1 aliphatic rings. The SMILES string of the molecule is O=C(O)Cc1ccc2c(c1)SCC2. The Balaban J connectivity index is 2.25. The Kier molecular flexibility index (Phi) is 2.27.